The molecule has 0 amide bonds. The Labute approximate surface area is 169 Å². The van der Waals surface area contributed by atoms with Crippen LogP contribution in [0.4, 0.5) is 17.5 Å². The summed E-state index contributed by atoms with van der Waals surface area (Å²) in [6.07, 6.45) is -4.92. The van der Waals surface area contributed by atoms with E-state index in [1.54, 1.807) is 0 Å². The first-order valence-electron chi connectivity index (χ1n) is 8.16. The fraction of sp³-hybridized carbons (Fsp3) is 0.667. The molecule has 1 aromatic rings. The molecule has 2 aliphatic rings. The van der Waals surface area contributed by atoms with Crippen molar-refractivity contribution in [2.24, 2.45) is 0 Å². The van der Waals surface area contributed by atoms with Gasteiger partial charge in [-0.2, -0.15) is 13.4 Å². The van der Waals surface area contributed by atoms with Gasteiger partial charge in [-0.25, -0.2) is 8.75 Å². The van der Waals surface area contributed by atoms with Gasteiger partial charge >= 0.3 is 7.82 Å². The van der Waals surface area contributed by atoms with E-state index in [9.17, 15) is 28.0 Å². The average Bonchev–Trinajstić information content (AvgIpc) is 2.99. The summed E-state index contributed by atoms with van der Waals surface area (Å²) < 4.78 is 48.6. The van der Waals surface area contributed by atoms with Crippen LogP contribution in [0.15, 0.2) is 4.79 Å². The van der Waals surface area contributed by atoms with Crippen molar-refractivity contribution < 1.29 is 46.4 Å². The van der Waals surface area contributed by atoms with E-state index in [2.05, 4.69) is 18.7 Å². The van der Waals surface area contributed by atoms with Gasteiger partial charge in [-0.15, -0.1) is 0 Å². The van der Waals surface area contributed by atoms with Gasteiger partial charge in [0.1, 0.15) is 11.8 Å². The van der Waals surface area contributed by atoms with Crippen LogP contribution in [0.2, 0.25) is 0 Å². The summed E-state index contributed by atoms with van der Waals surface area (Å²) in [4.78, 5) is 38.9. The van der Waals surface area contributed by atoms with Gasteiger partial charge in [-0.1, -0.05) is 0 Å². The molecule has 0 aliphatic carbocycles. The van der Waals surface area contributed by atoms with E-state index in [0.717, 1.165) is 0 Å². The second-order valence-corrected chi connectivity index (χ2v) is 9.53. The Hall–Kier alpha value is -1.82. The quantitative estimate of drug-likeness (QED) is 0.133. The molecule has 0 aromatic carbocycles. The number of rotatable bonds is 6. The molecule has 30 heavy (non-hydrogen) atoms. The minimum absolute atomic E-state index is 0.0407. The topological polar surface area (TPSA) is 238 Å². The van der Waals surface area contributed by atoms with Gasteiger partial charge in [0.25, 0.3) is 15.7 Å². The summed E-state index contributed by atoms with van der Waals surface area (Å²) in [5.41, 5.74) is 5.02. The van der Waals surface area contributed by atoms with E-state index in [1.807, 2.05) is 0 Å². The highest BCUT2D eigenvalue weighted by Crippen LogP contribution is 2.43. The SMILES string of the molecule is CN1CN([C@@H]2O[C@H](COP(=O)(O)O)[C@](O)(OS(C)(=O)=O)[C@H]2O)c2nc(N)[nH]c(=O)c21. The average molecular weight is 473 g/mol. The number of phosphoric ester groups is 1. The van der Waals surface area contributed by atoms with Crippen LogP contribution in [-0.4, -0.2) is 89.2 Å². The molecule has 1 aromatic heterocycles. The molecule has 0 radical (unpaired) electrons. The predicted octanol–water partition coefficient (Wildman–Crippen LogP) is -3.57. The third-order valence-corrected chi connectivity index (χ3v) is 5.41. The van der Waals surface area contributed by atoms with Crippen LogP contribution >= 0.6 is 7.82 Å². The van der Waals surface area contributed by atoms with Gasteiger partial charge in [0, 0.05) is 7.05 Å². The lowest BCUT2D eigenvalue weighted by molar-refractivity contribution is -0.212. The minimum Gasteiger partial charge on any atom is -0.383 e. The third kappa shape index (κ3) is 4.29. The maximum atomic E-state index is 12.2. The van der Waals surface area contributed by atoms with Crippen LogP contribution in [0.5, 0.6) is 0 Å². The Morgan fingerprint density at radius 1 is 1.47 bits per heavy atom. The Morgan fingerprint density at radius 3 is 2.67 bits per heavy atom. The van der Waals surface area contributed by atoms with Crippen LogP contribution < -0.4 is 21.1 Å². The van der Waals surface area contributed by atoms with E-state index in [1.165, 1.54) is 16.8 Å². The summed E-state index contributed by atoms with van der Waals surface area (Å²) in [7, 11) is -7.90. The number of aromatic nitrogens is 2. The van der Waals surface area contributed by atoms with Gasteiger partial charge in [-0.05, 0) is 0 Å². The summed E-state index contributed by atoms with van der Waals surface area (Å²) in [5, 5.41) is 21.4. The molecule has 0 spiro atoms. The van der Waals surface area contributed by atoms with Crippen molar-refractivity contribution in [2.45, 2.75) is 24.2 Å². The molecule has 4 atom stereocenters. The number of phosphoric acid groups is 1. The molecule has 170 valence electrons. The van der Waals surface area contributed by atoms with Gasteiger partial charge in [-0.3, -0.25) is 14.3 Å². The maximum absolute atomic E-state index is 12.2. The summed E-state index contributed by atoms with van der Waals surface area (Å²) >= 11 is 0. The number of hydrogen-bond acceptors (Lipinski definition) is 13. The molecule has 18 heteroatoms. The highest BCUT2D eigenvalue weighted by Gasteiger charge is 2.61. The molecule has 1 fully saturated rings. The molecule has 0 saturated carbocycles. The van der Waals surface area contributed by atoms with Gasteiger partial charge in [0.2, 0.25) is 11.7 Å². The Kier molecular flexibility index (Phi) is 5.64. The van der Waals surface area contributed by atoms with Gasteiger partial charge < -0.3 is 40.3 Å². The number of aliphatic hydroxyl groups excluding tert-OH is 1. The summed E-state index contributed by atoms with van der Waals surface area (Å²) in [6.45, 7) is -1.14. The van der Waals surface area contributed by atoms with Crippen molar-refractivity contribution >= 4 is 35.4 Å². The molecule has 3 heterocycles. The Bertz CT molecular complexity index is 1040. The lowest BCUT2D eigenvalue weighted by Gasteiger charge is -2.30. The molecule has 0 unspecified atom stereocenters. The van der Waals surface area contributed by atoms with E-state index in [-0.39, 0.29) is 24.1 Å². The Balaban J connectivity index is 2.00. The molecule has 1 saturated heterocycles. The lowest BCUT2D eigenvalue weighted by atomic mass is 10.1. The van der Waals surface area contributed by atoms with Crippen LogP contribution in [0.1, 0.15) is 0 Å². The summed E-state index contributed by atoms with van der Waals surface area (Å²) in [5.74, 6) is -3.27. The van der Waals surface area contributed by atoms with Crippen LogP contribution in [0.3, 0.4) is 0 Å². The number of aromatic amines is 1. The van der Waals surface area contributed by atoms with E-state index >= 15 is 0 Å². The van der Waals surface area contributed by atoms with E-state index < -0.39 is 54.3 Å². The van der Waals surface area contributed by atoms with Gasteiger partial charge in [0.15, 0.2) is 18.1 Å². The monoisotopic (exact) mass is 473 g/mol. The zero-order chi connectivity index (χ0) is 22.6. The van der Waals surface area contributed by atoms with Crippen molar-refractivity contribution in [2.75, 3.05) is 42.1 Å². The van der Waals surface area contributed by atoms with Crippen molar-refractivity contribution in [3.63, 3.8) is 0 Å². The fourth-order valence-electron chi connectivity index (χ4n) is 3.23. The van der Waals surface area contributed by atoms with Crippen LogP contribution in [0.25, 0.3) is 0 Å². The number of anilines is 3. The number of ether oxygens (including phenoxy) is 1. The Morgan fingerprint density at radius 2 is 2.10 bits per heavy atom. The van der Waals surface area contributed by atoms with Crippen molar-refractivity contribution in [1.82, 2.24) is 9.97 Å². The number of H-pyrrole nitrogens is 1. The van der Waals surface area contributed by atoms with Crippen molar-refractivity contribution in [3.8, 4) is 0 Å². The first kappa shape index (κ1) is 22.9. The fourth-order valence-corrected chi connectivity index (χ4v) is 4.25. The third-order valence-electron chi connectivity index (χ3n) is 4.36. The van der Waals surface area contributed by atoms with Crippen LogP contribution in [-0.2, 0) is 28.1 Å². The maximum Gasteiger partial charge on any atom is 0.469 e. The normalized spacial score (nSPS) is 29.5. The number of nitrogens with zero attached hydrogens (tertiary/aromatic N) is 3. The molecule has 16 nitrogen and oxygen atoms in total. The van der Waals surface area contributed by atoms with Crippen molar-refractivity contribution in [1.29, 1.82) is 0 Å². The zero-order valence-electron chi connectivity index (χ0n) is 15.6. The number of nitrogens with one attached hydrogen (secondary N) is 1. The molecule has 7 N–H and O–H groups in total. The lowest BCUT2D eigenvalue weighted by Crippen LogP contribution is -2.55. The summed E-state index contributed by atoms with van der Waals surface area (Å²) in [6, 6.07) is 0. The number of hydrogen-bond donors (Lipinski definition) is 6. The highest BCUT2D eigenvalue weighted by molar-refractivity contribution is 7.86. The predicted molar refractivity (Wildman–Crippen MR) is 98.6 cm³/mol. The zero-order valence-corrected chi connectivity index (χ0v) is 17.3. The second kappa shape index (κ2) is 7.40. The van der Waals surface area contributed by atoms with Crippen molar-refractivity contribution in [3.05, 3.63) is 10.4 Å². The number of aliphatic hydroxyl groups is 2. The smallest absolute Gasteiger partial charge is 0.383 e. The molecular weight excluding hydrogens is 453 g/mol. The second-order valence-electron chi connectivity index (χ2n) is 6.72. The molecule has 2 aliphatic heterocycles. The molecule has 0 bridgehead atoms. The standard InChI is InChI=1S/C12H20N5O11PS/c1-16-4-17(8-6(16)9(19)15-11(13)14-8)10-7(18)12(20,28-30(2,24)25)5(27-10)3-26-29(21,22)23/h5,7,10,18,20H,3-4H2,1-2H3,(H2,21,22,23)(H3,13,14,15,19)/t5-,7+,10-,12+/m1/s1. The van der Waals surface area contributed by atoms with E-state index in [4.69, 9.17) is 20.3 Å². The first-order chi connectivity index (χ1) is 13.6. The number of fused-ring (bicyclic) bond motifs is 1. The van der Waals surface area contributed by atoms with Crippen LogP contribution in [0, 0.1) is 0 Å². The number of nitrogen functional groups attached to an aromatic ring is 1. The largest absolute Gasteiger partial charge is 0.469 e. The molecule has 3 rings (SSSR count). The number of nitrogens with two attached hydrogens (primary N) is 1. The highest BCUT2D eigenvalue weighted by atomic mass is 32.2. The minimum atomic E-state index is -5.04. The van der Waals surface area contributed by atoms with Gasteiger partial charge in [0.05, 0.1) is 19.5 Å². The first-order valence-corrected chi connectivity index (χ1v) is 11.5. The van der Waals surface area contributed by atoms with E-state index in [0.29, 0.717) is 6.26 Å². The molecular formula is C12H20N5O11PS.